The van der Waals surface area contributed by atoms with Crippen LogP contribution >= 0.6 is 0 Å². The van der Waals surface area contributed by atoms with Gasteiger partial charge in [0.05, 0.1) is 6.61 Å². The first-order valence-corrected chi connectivity index (χ1v) is 7.99. The third-order valence-electron chi connectivity index (χ3n) is 3.18. The predicted octanol–water partition coefficient (Wildman–Crippen LogP) is 1.41. The summed E-state index contributed by atoms with van der Waals surface area (Å²) < 4.78 is 10.7. The molecule has 0 saturated carbocycles. The maximum atomic E-state index is 11.8. The molecule has 0 atom stereocenters. The third-order valence-corrected chi connectivity index (χ3v) is 3.18. The number of carbonyl (C=O) groups is 2. The molecule has 0 fully saturated rings. The fourth-order valence-electron chi connectivity index (χ4n) is 1.98. The van der Waals surface area contributed by atoms with Crippen molar-refractivity contribution in [1.82, 2.24) is 15.6 Å². The van der Waals surface area contributed by atoms with Gasteiger partial charge in [-0.3, -0.25) is 14.6 Å². The Morgan fingerprint density at radius 1 is 0.920 bits per heavy atom. The lowest BCUT2D eigenvalue weighted by Crippen LogP contribution is -2.36. The van der Waals surface area contributed by atoms with Crippen LogP contribution in [0, 0.1) is 0 Å². The molecule has 0 spiro atoms. The Labute approximate surface area is 146 Å². The van der Waals surface area contributed by atoms with E-state index in [9.17, 15) is 9.59 Å². The highest BCUT2D eigenvalue weighted by Crippen LogP contribution is 2.17. The number of rotatable bonds is 9. The first-order valence-electron chi connectivity index (χ1n) is 7.99. The van der Waals surface area contributed by atoms with E-state index in [1.54, 1.807) is 48.8 Å². The largest absolute Gasteiger partial charge is 0.494 e. The van der Waals surface area contributed by atoms with E-state index in [1.807, 2.05) is 6.92 Å². The molecule has 25 heavy (non-hydrogen) atoms. The number of amides is 2. The van der Waals surface area contributed by atoms with Crippen LogP contribution in [-0.4, -0.2) is 43.1 Å². The Hall–Kier alpha value is -3.09. The molecule has 0 aliphatic carbocycles. The highest BCUT2D eigenvalue weighted by Gasteiger charge is 2.05. The molecule has 0 aliphatic heterocycles. The molecule has 1 heterocycles. The fourth-order valence-corrected chi connectivity index (χ4v) is 1.98. The van der Waals surface area contributed by atoms with Gasteiger partial charge in [0.2, 0.25) is 0 Å². The Balaban J connectivity index is 1.61. The van der Waals surface area contributed by atoms with Crippen molar-refractivity contribution < 1.29 is 19.1 Å². The van der Waals surface area contributed by atoms with Gasteiger partial charge in [0.1, 0.15) is 11.5 Å². The maximum absolute atomic E-state index is 11.8. The molecule has 0 aliphatic rings. The number of nitrogens with zero attached hydrogens (tertiary/aromatic N) is 1. The van der Waals surface area contributed by atoms with Crippen molar-refractivity contribution in [1.29, 1.82) is 0 Å². The first kappa shape index (κ1) is 18.3. The van der Waals surface area contributed by atoms with Gasteiger partial charge in [-0.1, -0.05) is 0 Å². The summed E-state index contributed by atoms with van der Waals surface area (Å²) in [4.78, 5) is 27.4. The van der Waals surface area contributed by atoms with Crippen LogP contribution in [0.1, 0.15) is 17.3 Å². The van der Waals surface area contributed by atoms with E-state index in [0.717, 1.165) is 5.75 Å². The number of benzene rings is 1. The minimum absolute atomic E-state index is 0.0910. The van der Waals surface area contributed by atoms with Crippen molar-refractivity contribution in [2.45, 2.75) is 6.92 Å². The van der Waals surface area contributed by atoms with Crippen LogP contribution in [-0.2, 0) is 4.79 Å². The van der Waals surface area contributed by atoms with Gasteiger partial charge in [-0.15, -0.1) is 0 Å². The minimum atomic E-state index is -0.257. The first-order chi connectivity index (χ1) is 12.2. The Morgan fingerprint density at radius 3 is 2.16 bits per heavy atom. The zero-order valence-corrected chi connectivity index (χ0v) is 14.0. The van der Waals surface area contributed by atoms with E-state index in [2.05, 4.69) is 15.6 Å². The van der Waals surface area contributed by atoms with Gasteiger partial charge in [0.15, 0.2) is 6.61 Å². The summed E-state index contributed by atoms with van der Waals surface area (Å²) in [6, 6.07) is 10.3. The molecule has 2 N–H and O–H groups in total. The van der Waals surface area contributed by atoms with Gasteiger partial charge in [-0.05, 0) is 43.3 Å². The van der Waals surface area contributed by atoms with Crippen LogP contribution in [0.3, 0.4) is 0 Å². The summed E-state index contributed by atoms with van der Waals surface area (Å²) in [6.07, 6.45) is 3.10. The van der Waals surface area contributed by atoms with Gasteiger partial charge in [-0.2, -0.15) is 0 Å². The average molecular weight is 343 g/mol. The van der Waals surface area contributed by atoms with Crippen LogP contribution < -0.4 is 20.1 Å². The summed E-state index contributed by atoms with van der Waals surface area (Å²) in [7, 11) is 0. The number of nitrogens with one attached hydrogen (secondary N) is 2. The number of hydrogen-bond donors (Lipinski definition) is 2. The number of carbonyl (C=O) groups excluding carboxylic acids is 2. The molecular weight excluding hydrogens is 322 g/mol. The van der Waals surface area contributed by atoms with E-state index >= 15 is 0 Å². The van der Waals surface area contributed by atoms with Crippen LogP contribution in [0.5, 0.6) is 11.5 Å². The second-order valence-corrected chi connectivity index (χ2v) is 5.03. The molecule has 132 valence electrons. The molecule has 0 unspecified atom stereocenters. The number of hydrogen-bond acceptors (Lipinski definition) is 5. The molecule has 7 nitrogen and oxygen atoms in total. The lowest BCUT2D eigenvalue weighted by molar-refractivity contribution is -0.123. The SMILES string of the molecule is CCOc1ccc(OCC(=O)NCCNC(=O)c2ccncc2)cc1. The molecule has 0 saturated heterocycles. The predicted molar refractivity (Wildman–Crippen MR) is 92.7 cm³/mol. The van der Waals surface area contributed by atoms with Crippen LogP contribution in [0.25, 0.3) is 0 Å². The summed E-state index contributed by atoms with van der Waals surface area (Å²) in [5.74, 6) is 0.878. The number of aromatic nitrogens is 1. The third kappa shape index (κ3) is 6.50. The van der Waals surface area contributed by atoms with E-state index in [4.69, 9.17) is 9.47 Å². The maximum Gasteiger partial charge on any atom is 0.258 e. The normalized spacial score (nSPS) is 9.96. The van der Waals surface area contributed by atoms with Gasteiger partial charge in [0.25, 0.3) is 11.8 Å². The van der Waals surface area contributed by atoms with E-state index in [-0.39, 0.29) is 18.4 Å². The molecule has 2 amide bonds. The summed E-state index contributed by atoms with van der Waals surface area (Å²) >= 11 is 0. The molecule has 1 aromatic heterocycles. The van der Waals surface area contributed by atoms with Crippen molar-refractivity contribution in [3.05, 3.63) is 54.4 Å². The van der Waals surface area contributed by atoms with Crippen molar-refractivity contribution in [2.75, 3.05) is 26.3 Å². The molecule has 0 bridgehead atoms. The Morgan fingerprint density at radius 2 is 1.52 bits per heavy atom. The lowest BCUT2D eigenvalue weighted by Gasteiger charge is -2.09. The van der Waals surface area contributed by atoms with E-state index < -0.39 is 0 Å². The summed E-state index contributed by atoms with van der Waals surface area (Å²) in [5.41, 5.74) is 0.528. The van der Waals surface area contributed by atoms with Gasteiger partial charge in [-0.25, -0.2) is 0 Å². The van der Waals surface area contributed by atoms with Crippen LogP contribution in [0.4, 0.5) is 0 Å². The van der Waals surface area contributed by atoms with E-state index in [1.165, 1.54) is 0 Å². The second kappa shape index (κ2) is 9.92. The minimum Gasteiger partial charge on any atom is -0.494 e. The smallest absolute Gasteiger partial charge is 0.258 e. The molecular formula is C18H21N3O4. The molecule has 2 rings (SSSR count). The van der Waals surface area contributed by atoms with Crippen molar-refractivity contribution in [3.8, 4) is 11.5 Å². The monoisotopic (exact) mass is 343 g/mol. The van der Waals surface area contributed by atoms with Gasteiger partial charge in [0, 0.05) is 31.0 Å². The highest BCUT2D eigenvalue weighted by molar-refractivity contribution is 5.93. The molecule has 7 heteroatoms. The lowest BCUT2D eigenvalue weighted by atomic mass is 10.2. The summed E-state index contributed by atoms with van der Waals surface area (Å²) in [5, 5.41) is 5.39. The summed E-state index contributed by atoms with van der Waals surface area (Å²) in [6.45, 7) is 3.07. The zero-order chi connectivity index (χ0) is 17.9. The van der Waals surface area contributed by atoms with Crippen LogP contribution in [0.2, 0.25) is 0 Å². The highest BCUT2D eigenvalue weighted by atomic mass is 16.5. The van der Waals surface area contributed by atoms with Crippen molar-refractivity contribution in [2.24, 2.45) is 0 Å². The Bertz CT molecular complexity index is 674. The van der Waals surface area contributed by atoms with Gasteiger partial charge >= 0.3 is 0 Å². The zero-order valence-electron chi connectivity index (χ0n) is 14.0. The average Bonchev–Trinajstić information content (AvgIpc) is 2.65. The van der Waals surface area contributed by atoms with Crippen molar-refractivity contribution in [3.63, 3.8) is 0 Å². The topological polar surface area (TPSA) is 89.5 Å². The van der Waals surface area contributed by atoms with Gasteiger partial charge < -0.3 is 20.1 Å². The number of pyridine rings is 1. The quantitative estimate of drug-likeness (QED) is 0.672. The van der Waals surface area contributed by atoms with Crippen molar-refractivity contribution >= 4 is 11.8 Å². The fraction of sp³-hybridized carbons (Fsp3) is 0.278. The van der Waals surface area contributed by atoms with E-state index in [0.29, 0.717) is 31.0 Å². The van der Waals surface area contributed by atoms with Crippen LogP contribution in [0.15, 0.2) is 48.8 Å². The number of ether oxygens (including phenoxy) is 2. The molecule has 0 radical (unpaired) electrons. The molecule has 1 aromatic carbocycles. The standard InChI is InChI=1S/C18H21N3O4/c1-2-24-15-3-5-16(6-4-15)25-13-17(22)20-11-12-21-18(23)14-7-9-19-10-8-14/h3-10H,2,11-13H2,1H3,(H,20,22)(H,21,23). The second-order valence-electron chi connectivity index (χ2n) is 5.03. The Kier molecular flexibility index (Phi) is 7.24. The molecule has 2 aromatic rings.